The number of halogens is 2. The lowest BCUT2D eigenvalue weighted by Gasteiger charge is -2.39. The molecule has 2 aliphatic rings. The molecule has 1 aromatic heterocycles. The summed E-state index contributed by atoms with van der Waals surface area (Å²) >= 11 is 12.9. The van der Waals surface area contributed by atoms with Crippen LogP contribution in [-0.2, 0) is 0 Å². The van der Waals surface area contributed by atoms with Crippen LogP contribution in [0.5, 0.6) is 11.5 Å². The molecule has 6 rings (SSSR count). The predicted octanol–water partition coefficient (Wildman–Crippen LogP) is 6.15. The number of anilines is 1. The Bertz CT molecular complexity index is 1400. The van der Waals surface area contributed by atoms with Crippen molar-refractivity contribution in [1.82, 2.24) is 14.8 Å². The number of nitrogens with one attached hydrogen (secondary N) is 1. The van der Waals surface area contributed by atoms with E-state index in [0.717, 1.165) is 39.5 Å². The zero-order valence-electron chi connectivity index (χ0n) is 17.5. The quantitative estimate of drug-likeness (QED) is 0.383. The Labute approximate surface area is 200 Å². The molecular weight excluding hydrogens is 459 g/mol. The highest BCUT2D eigenvalue weighted by Crippen LogP contribution is 2.51. The van der Waals surface area contributed by atoms with Gasteiger partial charge in [0, 0.05) is 21.2 Å². The highest BCUT2D eigenvalue weighted by Gasteiger charge is 2.41. The van der Waals surface area contributed by atoms with E-state index in [1.165, 1.54) is 6.33 Å². The number of fused-ring (bicyclic) bond motifs is 3. The van der Waals surface area contributed by atoms with Crippen molar-refractivity contribution in [2.75, 3.05) is 12.4 Å². The summed E-state index contributed by atoms with van der Waals surface area (Å²) in [7, 11) is 1.65. The molecular formula is C25H18Cl2N4O2. The largest absolute Gasteiger partial charge is 0.497 e. The van der Waals surface area contributed by atoms with Crippen molar-refractivity contribution in [3.05, 3.63) is 105 Å². The van der Waals surface area contributed by atoms with Crippen LogP contribution in [-0.4, -0.2) is 21.9 Å². The molecule has 0 bridgehead atoms. The van der Waals surface area contributed by atoms with Crippen molar-refractivity contribution >= 4 is 34.8 Å². The van der Waals surface area contributed by atoms with Crippen LogP contribution in [0.3, 0.4) is 0 Å². The topological polar surface area (TPSA) is 61.2 Å². The summed E-state index contributed by atoms with van der Waals surface area (Å²) in [6.45, 7) is 0. The number of hydrogen-bond donors (Lipinski definition) is 1. The minimum absolute atomic E-state index is 0.344. The molecule has 6 nitrogen and oxygen atoms in total. The van der Waals surface area contributed by atoms with Gasteiger partial charge in [0.1, 0.15) is 30.0 Å². The van der Waals surface area contributed by atoms with E-state index in [1.54, 1.807) is 13.2 Å². The highest BCUT2D eigenvalue weighted by atomic mass is 35.5. The fraction of sp³-hybridized carbons (Fsp3) is 0.120. The van der Waals surface area contributed by atoms with Crippen molar-refractivity contribution in [2.24, 2.45) is 0 Å². The molecule has 164 valence electrons. The summed E-state index contributed by atoms with van der Waals surface area (Å²) in [6.07, 6.45) is 1.15. The molecule has 0 amide bonds. The third-order valence-electron chi connectivity index (χ3n) is 6.00. The minimum atomic E-state index is -0.387. The SMILES string of the molecule is COc1ccc(C2Oc3ccccc3C3=C2C(c2ccc(Cl)cc2Cl)n2ncnc2N3)cc1. The first-order valence-corrected chi connectivity index (χ1v) is 11.1. The van der Waals surface area contributed by atoms with Crippen LogP contribution in [0.1, 0.15) is 28.8 Å². The maximum Gasteiger partial charge on any atom is 0.226 e. The van der Waals surface area contributed by atoms with Crippen LogP contribution in [0.4, 0.5) is 5.95 Å². The fourth-order valence-corrected chi connectivity index (χ4v) is 5.01. The summed E-state index contributed by atoms with van der Waals surface area (Å²) < 4.78 is 13.8. The van der Waals surface area contributed by atoms with Crippen LogP contribution in [0.2, 0.25) is 10.0 Å². The number of rotatable bonds is 3. The van der Waals surface area contributed by atoms with Crippen molar-refractivity contribution in [3.63, 3.8) is 0 Å². The number of benzene rings is 3. The maximum atomic E-state index is 6.71. The first-order chi connectivity index (χ1) is 16.1. The van der Waals surface area contributed by atoms with Gasteiger partial charge in [-0.15, -0.1) is 0 Å². The Hall–Kier alpha value is -3.48. The third-order valence-corrected chi connectivity index (χ3v) is 6.56. The molecule has 0 radical (unpaired) electrons. The van der Waals surface area contributed by atoms with E-state index in [-0.39, 0.29) is 12.1 Å². The van der Waals surface area contributed by atoms with Gasteiger partial charge in [-0.1, -0.05) is 53.5 Å². The normalized spacial score (nSPS) is 18.5. The van der Waals surface area contributed by atoms with E-state index >= 15 is 0 Å². The molecule has 3 aromatic carbocycles. The molecule has 0 fully saturated rings. The molecule has 0 saturated carbocycles. The van der Waals surface area contributed by atoms with E-state index in [1.807, 2.05) is 65.3 Å². The Morgan fingerprint density at radius 2 is 1.85 bits per heavy atom. The monoisotopic (exact) mass is 476 g/mol. The van der Waals surface area contributed by atoms with Crippen LogP contribution in [0.15, 0.2) is 78.6 Å². The van der Waals surface area contributed by atoms with E-state index in [4.69, 9.17) is 32.7 Å². The molecule has 8 heteroatoms. The van der Waals surface area contributed by atoms with E-state index in [9.17, 15) is 0 Å². The molecule has 1 N–H and O–H groups in total. The number of methoxy groups -OCH3 is 1. The third kappa shape index (κ3) is 3.25. The summed E-state index contributed by atoms with van der Waals surface area (Å²) in [5.74, 6) is 2.20. The molecule has 33 heavy (non-hydrogen) atoms. The lowest BCUT2D eigenvalue weighted by Crippen LogP contribution is -2.32. The first kappa shape index (κ1) is 20.1. The zero-order valence-corrected chi connectivity index (χ0v) is 19.0. The minimum Gasteiger partial charge on any atom is -0.497 e. The number of ether oxygens (including phenoxy) is 2. The van der Waals surface area contributed by atoms with Crippen LogP contribution in [0.25, 0.3) is 5.70 Å². The van der Waals surface area contributed by atoms with Crippen molar-refractivity contribution in [1.29, 1.82) is 0 Å². The van der Waals surface area contributed by atoms with Gasteiger partial charge in [0.15, 0.2) is 0 Å². The van der Waals surface area contributed by atoms with Gasteiger partial charge >= 0.3 is 0 Å². The predicted molar refractivity (Wildman–Crippen MR) is 128 cm³/mol. The fourth-order valence-electron chi connectivity index (χ4n) is 4.49. The molecule has 2 atom stereocenters. The second kappa shape index (κ2) is 7.83. The van der Waals surface area contributed by atoms with Crippen LogP contribution in [0, 0.1) is 0 Å². The van der Waals surface area contributed by atoms with Crippen LogP contribution >= 0.6 is 23.2 Å². The summed E-state index contributed by atoms with van der Waals surface area (Å²) in [4.78, 5) is 4.44. The Morgan fingerprint density at radius 1 is 1.03 bits per heavy atom. The number of para-hydroxylation sites is 1. The highest BCUT2D eigenvalue weighted by molar-refractivity contribution is 6.35. The standard InChI is InChI=1S/C25H18Cl2N4O2/c1-32-16-9-6-14(7-10-16)24-21-22(18-4-2-3-5-20(18)33-24)30-25-28-13-29-31(25)23(21)17-11-8-15(26)12-19(17)27/h2-13,23-24H,1H3,(H,28,29,30). The van der Waals surface area contributed by atoms with Gasteiger partial charge in [-0.05, 0) is 47.5 Å². The van der Waals surface area contributed by atoms with Gasteiger partial charge in [0.25, 0.3) is 0 Å². The summed E-state index contributed by atoms with van der Waals surface area (Å²) in [5.41, 5.74) is 4.73. The van der Waals surface area contributed by atoms with Crippen molar-refractivity contribution in [2.45, 2.75) is 12.1 Å². The Morgan fingerprint density at radius 3 is 2.64 bits per heavy atom. The second-order valence-corrected chi connectivity index (χ2v) is 8.66. The van der Waals surface area contributed by atoms with Gasteiger partial charge in [-0.25, -0.2) is 4.68 Å². The zero-order chi connectivity index (χ0) is 22.5. The number of hydrogen-bond acceptors (Lipinski definition) is 5. The molecule has 4 aromatic rings. The first-order valence-electron chi connectivity index (χ1n) is 10.4. The van der Waals surface area contributed by atoms with Gasteiger partial charge in [0.2, 0.25) is 5.95 Å². The maximum absolute atomic E-state index is 6.71. The number of nitrogens with zero attached hydrogens (tertiary/aromatic N) is 3. The van der Waals surface area contributed by atoms with E-state index in [0.29, 0.717) is 16.0 Å². The summed E-state index contributed by atoms with van der Waals surface area (Å²) in [5, 5.41) is 9.13. The lowest BCUT2D eigenvalue weighted by atomic mass is 9.84. The second-order valence-electron chi connectivity index (χ2n) is 7.82. The van der Waals surface area contributed by atoms with Gasteiger partial charge < -0.3 is 14.8 Å². The number of aromatic nitrogens is 3. The van der Waals surface area contributed by atoms with E-state index < -0.39 is 0 Å². The average Bonchev–Trinajstić information content (AvgIpc) is 3.31. The van der Waals surface area contributed by atoms with Gasteiger partial charge in [-0.2, -0.15) is 10.1 Å². The smallest absolute Gasteiger partial charge is 0.226 e. The Balaban J connectivity index is 1.62. The van der Waals surface area contributed by atoms with E-state index in [2.05, 4.69) is 15.4 Å². The van der Waals surface area contributed by atoms with Gasteiger partial charge in [0.05, 0.1) is 12.8 Å². The summed E-state index contributed by atoms with van der Waals surface area (Å²) in [6, 6.07) is 21.0. The average molecular weight is 477 g/mol. The van der Waals surface area contributed by atoms with Crippen molar-refractivity contribution < 1.29 is 9.47 Å². The molecule has 0 aliphatic carbocycles. The van der Waals surface area contributed by atoms with Gasteiger partial charge in [-0.3, -0.25) is 0 Å². The molecule has 3 heterocycles. The molecule has 0 spiro atoms. The van der Waals surface area contributed by atoms with Crippen molar-refractivity contribution in [3.8, 4) is 11.5 Å². The Kier molecular flexibility index (Phi) is 4.78. The molecule has 0 saturated heterocycles. The molecule has 2 unspecified atom stereocenters. The lowest BCUT2D eigenvalue weighted by molar-refractivity contribution is 0.223. The molecule has 2 aliphatic heterocycles. The van der Waals surface area contributed by atoms with Crippen LogP contribution < -0.4 is 14.8 Å².